The molecule has 1 aromatic rings. The standard InChI is InChI=1S/C7H5F3N2O/c8-7(9,10)6(12-13)5-1-3-11-4-2-5/h1-4,13H/b12-6+. The molecule has 0 aliphatic heterocycles. The van der Waals surface area contributed by atoms with Gasteiger partial charge in [0.2, 0.25) is 0 Å². The summed E-state index contributed by atoms with van der Waals surface area (Å²) in [5.74, 6) is 0. The third kappa shape index (κ3) is 2.17. The molecule has 0 aliphatic carbocycles. The van der Waals surface area contributed by atoms with Gasteiger partial charge in [-0.05, 0) is 12.1 Å². The maximum atomic E-state index is 12.1. The second kappa shape index (κ2) is 3.42. The maximum Gasteiger partial charge on any atom is 0.437 e. The van der Waals surface area contributed by atoms with Gasteiger partial charge in [-0.1, -0.05) is 5.16 Å². The Morgan fingerprint density at radius 1 is 1.31 bits per heavy atom. The van der Waals surface area contributed by atoms with Gasteiger partial charge in [0, 0.05) is 18.0 Å². The summed E-state index contributed by atoms with van der Waals surface area (Å²) in [5, 5.41) is 10.4. The first kappa shape index (κ1) is 9.50. The Hall–Kier alpha value is -1.59. The molecule has 0 radical (unpaired) electrons. The smallest absolute Gasteiger partial charge is 0.410 e. The maximum absolute atomic E-state index is 12.1. The molecule has 13 heavy (non-hydrogen) atoms. The number of pyridine rings is 1. The third-order valence-corrected chi connectivity index (χ3v) is 1.32. The zero-order valence-electron chi connectivity index (χ0n) is 6.28. The number of hydrogen-bond donors (Lipinski definition) is 1. The number of aromatic nitrogens is 1. The van der Waals surface area contributed by atoms with Crippen LogP contribution >= 0.6 is 0 Å². The van der Waals surface area contributed by atoms with Crippen molar-refractivity contribution >= 4 is 5.71 Å². The largest absolute Gasteiger partial charge is 0.437 e. The van der Waals surface area contributed by atoms with Crippen LogP contribution in [0.2, 0.25) is 0 Å². The van der Waals surface area contributed by atoms with E-state index in [9.17, 15) is 13.2 Å². The van der Waals surface area contributed by atoms with Crippen LogP contribution in [0.4, 0.5) is 13.2 Å². The van der Waals surface area contributed by atoms with E-state index >= 15 is 0 Å². The Morgan fingerprint density at radius 3 is 2.23 bits per heavy atom. The zero-order chi connectivity index (χ0) is 9.90. The van der Waals surface area contributed by atoms with Crippen LogP contribution in [-0.2, 0) is 0 Å². The highest BCUT2D eigenvalue weighted by molar-refractivity contribution is 6.04. The van der Waals surface area contributed by atoms with E-state index in [4.69, 9.17) is 5.21 Å². The predicted molar refractivity (Wildman–Crippen MR) is 38.6 cm³/mol. The van der Waals surface area contributed by atoms with Crippen molar-refractivity contribution in [3.05, 3.63) is 30.1 Å². The van der Waals surface area contributed by atoms with Crippen LogP contribution in [0.15, 0.2) is 29.7 Å². The van der Waals surface area contributed by atoms with Gasteiger partial charge in [0.1, 0.15) is 0 Å². The highest BCUT2D eigenvalue weighted by atomic mass is 19.4. The van der Waals surface area contributed by atoms with Crippen LogP contribution in [0.5, 0.6) is 0 Å². The minimum atomic E-state index is -4.66. The summed E-state index contributed by atoms with van der Waals surface area (Å²) in [6.45, 7) is 0. The van der Waals surface area contributed by atoms with Gasteiger partial charge >= 0.3 is 6.18 Å². The second-order valence-electron chi connectivity index (χ2n) is 2.18. The van der Waals surface area contributed by atoms with Crippen LogP contribution in [-0.4, -0.2) is 22.1 Å². The Morgan fingerprint density at radius 2 is 1.85 bits per heavy atom. The van der Waals surface area contributed by atoms with Crippen molar-refractivity contribution in [2.24, 2.45) is 5.16 Å². The average molecular weight is 190 g/mol. The lowest BCUT2D eigenvalue weighted by atomic mass is 10.1. The molecule has 70 valence electrons. The molecule has 0 saturated carbocycles. The molecule has 0 saturated heterocycles. The topological polar surface area (TPSA) is 45.5 Å². The molecule has 1 aromatic heterocycles. The van der Waals surface area contributed by atoms with E-state index < -0.39 is 11.9 Å². The molecule has 0 fully saturated rings. The van der Waals surface area contributed by atoms with E-state index in [1.165, 1.54) is 12.4 Å². The van der Waals surface area contributed by atoms with Crippen molar-refractivity contribution in [1.82, 2.24) is 4.98 Å². The molecule has 1 N–H and O–H groups in total. The number of alkyl halides is 3. The van der Waals surface area contributed by atoms with Gasteiger partial charge in [0.25, 0.3) is 0 Å². The molecule has 0 bridgehead atoms. The van der Waals surface area contributed by atoms with Crippen LogP contribution < -0.4 is 0 Å². The normalized spacial score (nSPS) is 13.0. The molecular weight excluding hydrogens is 185 g/mol. The van der Waals surface area contributed by atoms with Crippen molar-refractivity contribution in [2.45, 2.75) is 6.18 Å². The van der Waals surface area contributed by atoms with Gasteiger partial charge in [-0.3, -0.25) is 4.98 Å². The summed E-state index contributed by atoms with van der Waals surface area (Å²) in [5.41, 5.74) is -1.54. The molecule has 0 spiro atoms. The monoisotopic (exact) mass is 190 g/mol. The summed E-state index contributed by atoms with van der Waals surface area (Å²) in [6, 6.07) is 2.23. The molecule has 0 amide bonds. The highest BCUT2D eigenvalue weighted by Gasteiger charge is 2.37. The minimum absolute atomic E-state index is 0.218. The predicted octanol–water partition coefficient (Wildman–Crippen LogP) is 1.82. The first-order valence-electron chi connectivity index (χ1n) is 3.25. The van der Waals surface area contributed by atoms with Gasteiger partial charge < -0.3 is 5.21 Å². The Bertz CT molecular complexity index is 307. The third-order valence-electron chi connectivity index (χ3n) is 1.32. The SMILES string of the molecule is O/N=C(\c1ccncc1)C(F)(F)F. The molecule has 6 heteroatoms. The van der Waals surface area contributed by atoms with Crippen molar-refractivity contribution in [2.75, 3.05) is 0 Å². The fourth-order valence-corrected chi connectivity index (χ4v) is 0.788. The van der Waals surface area contributed by atoms with E-state index in [0.29, 0.717) is 0 Å². The lowest BCUT2D eigenvalue weighted by Crippen LogP contribution is -2.23. The zero-order valence-corrected chi connectivity index (χ0v) is 6.28. The fourth-order valence-electron chi connectivity index (χ4n) is 0.788. The number of nitrogens with zero attached hydrogens (tertiary/aromatic N) is 2. The summed E-state index contributed by atoms with van der Waals surface area (Å²) >= 11 is 0. The number of rotatable bonds is 1. The van der Waals surface area contributed by atoms with E-state index in [2.05, 4.69) is 10.1 Å². The van der Waals surface area contributed by atoms with Crippen molar-refractivity contribution in [1.29, 1.82) is 0 Å². The van der Waals surface area contributed by atoms with E-state index in [1.807, 2.05) is 0 Å². The van der Waals surface area contributed by atoms with Crippen LogP contribution in [0.1, 0.15) is 5.56 Å². The number of oxime groups is 1. The van der Waals surface area contributed by atoms with Gasteiger partial charge in [0.15, 0.2) is 5.71 Å². The van der Waals surface area contributed by atoms with Gasteiger partial charge in [0.05, 0.1) is 0 Å². The number of hydrogen-bond acceptors (Lipinski definition) is 3. The summed E-state index contributed by atoms with van der Waals surface area (Å²) in [7, 11) is 0. The van der Waals surface area contributed by atoms with Crippen LogP contribution in [0, 0.1) is 0 Å². The molecular formula is C7H5F3N2O. The Kier molecular flexibility index (Phi) is 2.50. The van der Waals surface area contributed by atoms with Gasteiger partial charge in [-0.15, -0.1) is 0 Å². The molecule has 1 heterocycles. The van der Waals surface area contributed by atoms with Crippen molar-refractivity contribution in [3.8, 4) is 0 Å². The Labute approximate surface area is 71.5 Å². The molecule has 3 nitrogen and oxygen atoms in total. The number of halogens is 3. The first-order chi connectivity index (χ1) is 6.05. The first-order valence-corrected chi connectivity index (χ1v) is 3.25. The molecule has 1 rings (SSSR count). The lowest BCUT2D eigenvalue weighted by molar-refractivity contribution is -0.0601. The quantitative estimate of drug-likeness (QED) is 0.417. The lowest BCUT2D eigenvalue weighted by Gasteiger charge is -2.07. The minimum Gasteiger partial charge on any atom is -0.410 e. The average Bonchev–Trinajstić information content (AvgIpc) is 2.05. The van der Waals surface area contributed by atoms with E-state index in [-0.39, 0.29) is 5.56 Å². The molecule has 0 unspecified atom stereocenters. The van der Waals surface area contributed by atoms with Crippen molar-refractivity contribution < 1.29 is 18.4 Å². The Balaban J connectivity index is 3.08. The fraction of sp³-hybridized carbons (Fsp3) is 0.143. The molecule has 0 aliphatic rings. The van der Waals surface area contributed by atoms with Crippen molar-refractivity contribution in [3.63, 3.8) is 0 Å². The molecule has 0 aromatic carbocycles. The second-order valence-corrected chi connectivity index (χ2v) is 2.18. The highest BCUT2D eigenvalue weighted by Crippen LogP contribution is 2.21. The van der Waals surface area contributed by atoms with Crippen LogP contribution in [0.3, 0.4) is 0 Å². The summed E-state index contributed by atoms with van der Waals surface area (Å²) < 4.78 is 36.3. The summed E-state index contributed by atoms with van der Waals surface area (Å²) in [4.78, 5) is 3.54. The van der Waals surface area contributed by atoms with E-state index in [1.54, 1.807) is 0 Å². The molecule has 0 atom stereocenters. The van der Waals surface area contributed by atoms with Crippen LogP contribution in [0.25, 0.3) is 0 Å². The van der Waals surface area contributed by atoms with E-state index in [0.717, 1.165) is 12.1 Å². The summed E-state index contributed by atoms with van der Waals surface area (Å²) in [6.07, 6.45) is -2.28. The van der Waals surface area contributed by atoms with Gasteiger partial charge in [-0.2, -0.15) is 13.2 Å². The van der Waals surface area contributed by atoms with Gasteiger partial charge in [-0.25, -0.2) is 0 Å².